The number of rotatable bonds is 4. The van der Waals surface area contributed by atoms with E-state index in [0.29, 0.717) is 12.3 Å². The van der Waals surface area contributed by atoms with Gasteiger partial charge >= 0.3 is 5.97 Å². The molecule has 17 heavy (non-hydrogen) atoms. The smallest absolute Gasteiger partial charge is 0.310 e. The van der Waals surface area contributed by atoms with Crippen LogP contribution in [-0.4, -0.2) is 26.3 Å². The Kier molecular flexibility index (Phi) is 2.42. The molecule has 2 saturated carbocycles. The Balaban J connectivity index is 1.77. The Morgan fingerprint density at radius 1 is 1.41 bits per heavy atom. The molecule has 0 unspecified atom stereocenters. The van der Waals surface area contributed by atoms with E-state index in [0.717, 1.165) is 37.3 Å². The molecule has 0 spiro atoms. The van der Waals surface area contributed by atoms with E-state index >= 15 is 0 Å². The highest BCUT2D eigenvalue weighted by molar-refractivity contribution is 5.75. The van der Waals surface area contributed by atoms with Gasteiger partial charge < -0.3 is 5.11 Å². The minimum absolute atomic E-state index is 0.502. The summed E-state index contributed by atoms with van der Waals surface area (Å²) in [6.07, 6.45) is 6.39. The summed E-state index contributed by atoms with van der Waals surface area (Å²) in [5.74, 6) is 1.46. The van der Waals surface area contributed by atoms with E-state index in [1.807, 2.05) is 0 Å². The van der Waals surface area contributed by atoms with Crippen LogP contribution in [0.5, 0.6) is 0 Å². The normalized spacial score (nSPS) is 22.8. The topological polar surface area (TPSA) is 78.9 Å². The Bertz CT molecular complexity index is 431. The summed E-state index contributed by atoms with van der Waals surface area (Å²) < 4.78 is 0. The van der Waals surface area contributed by atoms with Gasteiger partial charge in [-0.15, -0.1) is 0 Å². The lowest BCUT2D eigenvalue weighted by Crippen LogP contribution is -2.30. The van der Waals surface area contributed by atoms with Crippen molar-refractivity contribution in [2.75, 3.05) is 0 Å². The molecule has 1 aromatic heterocycles. The van der Waals surface area contributed by atoms with E-state index in [9.17, 15) is 9.90 Å². The molecule has 0 radical (unpaired) electrons. The molecule has 0 aromatic carbocycles. The van der Waals surface area contributed by atoms with Crippen molar-refractivity contribution in [3.8, 4) is 0 Å². The first-order chi connectivity index (χ1) is 8.20. The third-order valence-corrected chi connectivity index (χ3v) is 4.01. The minimum atomic E-state index is -0.681. The van der Waals surface area contributed by atoms with Crippen LogP contribution < -0.4 is 0 Å². The number of carboxylic acid groups (broad SMARTS) is 1. The summed E-state index contributed by atoms with van der Waals surface area (Å²) in [5, 5.41) is 16.5. The highest BCUT2D eigenvalue weighted by atomic mass is 16.4. The Morgan fingerprint density at radius 3 is 2.71 bits per heavy atom. The van der Waals surface area contributed by atoms with Crippen LogP contribution in [-0.2, 0) is 11.2 Å². The summed E-state index contributed by atoms with van der Waals surface area (Å²) in [4.78, 5) is 15.9. The summed E-state index contributed by atoms with van der Waals surface area (Å²) in [6, 6.07) is 0. The minimum Gasteiger partial charge on any atom is -0.481 e. The molecule has 3 rings (SSSR count). The Hall–Kier alpha value is -1.39. The molecule has 0 amide bonds. The van der Waals surface area contributed by atoms with Crippen LogP contribution in [0.4, 0.5) is 0 Å². The molecule has 0 saturated heterocycles. The molecule has 0 atom stereocenters. The van der Waals surface area contributed by atoms with E-state index in [2.05, 4.69) is 15.2 Å². The first-order valence-electron chi connectivity index (χ1n) is 6.34. The fourth-order valence-electron chi connectivity index (χ4n) is 2.75. The number of carbonyl (C=O) groups is 1. The third kappa shape index (κ3) is 1.94. The van der Waals surface area contributed by atoms with Gasteiger partial charge in [-0.3, -0.25) is 9.89 Å². The van der Waals surface area contributed by atoms with Crippen LogP contribution in [0, 0.1) is 5.41 Å². The molecular formula is C12H17N3O2. The second-order valence-electron chi connectivity index (χ2n) is 5.38. The number of hydrogen-bond acceptors (Lipinski definition) is 3. The van der Waals surface area contributed by atoms with Crippen molar-refractivity contribution in [2.45, 2.75) is 50.9 Å². The second-order valence-corrected chi connectivity index (χ2v) is 5.38. The van der Waals surface area contributed by atoms with Crippen molar-refractivity contribution >= 4 is 5.97 Å². The van der Waals surface area contributed by atoms with E-state index in [1.54, 1.807) is 0 Å². The number of carboxylic acids is 1. The average Bonchev–Trinajstić information content (AvgIpc) is 2.87. The van der Waals surface area contributed by atoms with E-state index < -0.39 is 11.4 Å². The fraction of sp³-hybridized carbons (Fsp3) is 0.750. The molecule has 2 fully saturated rings. The molecule has 0 bridgehead atoms. The number of aromatic amines is 1. The number of nitrogens with one attached hydrogen (secondary N) is 1. The largest absolute Gasteiger partial charge is 0.481 e. The van der Waals surface area contributed by atoms with Crippen LogP contribution in [0.2, 0.25) is 0 Å². The number of H-pyrrole nitrogens is 1. The lowest BCUT2D eigenvalue weighted by molar-refractivity contribution is -0.148. The van der Waals surface area contributed by atoms with E-state index in [4.69, 9.17) is 0 Å². The maximum absolute atomic E-state index is 11.4. The summed E-state index contributed by atoms with van der Waals surface area (Å²) >= 11 is 0. The van der Waals surface area contributed by atoms with Crippen LogP contribution in [0.25, 0.3) is 0 Å². The molecule has 0 aliphatic heterocycles. The quantitative estimate of drug-likeness (QED) is 0.835. The molecule has 5 nitrogen and oxygen atoms in total. The molecular weight excluding hydrogens is 218 g/mol. The van der Waals surface area contributed by atoms with Crippen LogP contribution >= 0.6 is 0 Å². The fourth-order valence-corrected chi connectivity index (χ4v) is 2.75. The first-order valence-corrected chi connectivity index (χ1v) is 6.34. The molecule has 5 heteroatoms. The van der Waals surface area contributed by atoms with Crippen molar-refractivity contribution in [3.05, 3.63) is 11.6 Å². The molecule has 1 aromatic rings. The zero-order chi connectivity index (χ0) is 11.9. The highest BCUT2D eigenvalue weighted by Gasteiger charge is 2.42. The zero-order valence-electron chi connectivity index (χ0n) is 9.78. The standard InChI is InChI=1S/C12H17N3O2/c16-11(17)12(5-1-2-6-12)7-9-13-10(15-14-9)8-3-4-8/h8H,1-7H2,(H,16,17)(H,13,14,15). The summed E-state index contributed by atoms with van der Waals surface area (Å²) in [5.41, 5.74) is -0.597. The van der Waals surface area contributed by atoms with Gasteiger partial charge in [-0.05, 0) is 25.7 Å². The maximum atomic E-state index is 11.4. The summed E-state index contributed by atoms with van der Waals surface area (Å²) in [6.45, 7) is 0. The van der Waals surface area contributed by atoms with Gasteiger partial charge in [0.25, 0.3) is 0 Å². The predicted molar refractivity (Wildman–Crippen MR) is 60.6 cm³/mol. The number of aromatic nitrogens is 3. The van der Waals surface area contributed by atoms with Crippen molar-refractivity contribution in [3.63, 3.8) is 0 Å². The lowest BCUT2D eigenvalue weighted by Gasteiger charge is -2.21. The monoisotopic (exact) mass is 235 g/mol. The van der Waals surface area contributed by atoms with Crippen molar-refractivity contribution < 1.29 is 9.90 Å². The zero-order valence-corrected chi connectivity index (χ0v) is 9.78. The average molecular weight is 235 g/mol. The van der Waals surface area contributed by atoms with Crippen LogP contribution in [0.15, 0.2) is 0 Å². The van der Waals surface area contributed by atoms with Gasteiger partial charge in [0.1, 0.15) is 5.82 Å². The number of aliphatic carboxylic acids is 1. The predicted octanol–water partition coefficient (Wildman–Crippen LogP) is 1.87. The van der Waals surface area contributed by atoms with E-state index in [1.165, 1.54) is 12.8 Å². The van der Waals surface area contributed by atoms with Gasteiger partial charge in [0.05, 0.1) is 5.41 Å². The molecule has 1 heterocycles. The molecule has 2 aliphatic rings. The first kappa shape index (κ1) is 10.7. The van der Waals surface area contributed by atoms with Gasteiger partial charge in [-0.25, -0.2) is 4.98 Å². The van der Waals surface area contributed by atoms with E-state index in [-0.39, 0.29) is 0 Å². The highest BCUT2D eigenvalue weighted by Crippen LogP contribution is 2.42. The number of hydrogen-bond donors (Lipinski definition) is 2. The van der Waals surface area contributed by atoms with Gasteiger partial charge in [0, 0.05) is 12.3 Å². The van der Waals surface area contributed by atoms with Crippen molar-refractivity contribution in [1.29, 1.82) is 0 Å². The van der Waals surface area contributed by atoms with Gasteiger partial charge in [-0.1, -0.05) is 12.8 Å². The van der Waals surface area contributed by atoms with Gasteiger partial charge in [-0.2, -0.15) is 5.10 Å². The SMILES string of the molecule is O=C(O)C1(Cc2nc(C3CC3)n[nH]2)CCCC1. The van der Waals surface area contributed by atoms with Crippen molar-refractivity contribution in [2.24, 2.45) is 5.41 Å². The molecule has 2 aliphatic carbocycles. The lowest BCUT2D eigenvalue weighted by atomic mass is 9.82. The number of nitrogens with zero attached hydrogens (tertiary/aromatic N) is 2. The molecule has 2 N–H and O–H groups in total. The van der Waals surface area contributed by atoms with Gasteiger partial charge in [0.2, 0.25) is 0 Å². The van der Waals surface area contributed by atoms with Crippen LogP contribution in [0.3, 0.4) is 0 Å². The Morgan fingerprint density at radius 2 is 2.12 bits per heavy atom. The molecule has 92 valence electrons. The van der Waals surface area contributed by atoms with Crippen molar-refractivity contribution in [1.82, 2.24) is 15.2 Å². The third-order valence-electron chi connectivity index (χ3n) is 4.01. The van der Waals surface area contributed by atoms with Crippen LogP contribution in [0.1, 0.15) is 56.1 Å². The summed E-state index contributed by atoms with van der Waals surface area (Å²) in [7, 11) is 0. The van der Waals surface area contributed by atoms with Gasteiger partial charge in [0.15, 0.2) is 5.82 Å². The second kappa shape index (κ2) is 3.82. The Labute approximate surface area is 99.6 Å². The maximum Gasteiger partial charge on any atom is 0.310 e.